The van der Waals surface area contributed by atoms with Gasteiger partial charge in [0.25, 0.3) is 0 Å². The predicted molar refractivity (Wildman–Crippen MR) is 119 cm³/mol. The normalized spacial score (nSPS) is 10.4. The second kappa shape index (κ2) is 10.7. The van der Waals surface area contributed by atoms with Crippen molar-refractivity contribution >= 4 is 76.1 Å². The number of rotatable bonds is 1. The van der Waals surface area contributed by atoms with Crippen molar-refractivity contribution in [2.75, 3.05) is 0 Å². The lowest BCUT2D eigenvalue weighted by Gasteiger charge is -2.21. The molecule has 0 aromatic heterocycles. The number of nitrogens with two attached hydrogens (primary N) is 1. The summed E-state index contributed by atoms with van der Waals surface area (Å²) < 4.78 is 6.29. The van der Waals surface area contributed by atoms with Gasteiger partial charge < -0.3 is 15.6 Å². The third kappa shape index (κ3) is 7.66. The van der Waals surface area contributed by atoms with Gasteiger partial charge in [-0.15, -0.1) is 37.9 Å². The van der Waals surface area contributed by atoms with E-state index in [9.17, 15) is 4.79 Å². The largest absolute Gasteiger partial charge is 0.478 e. The van der Waals surface area contributed by atoms with E-state index < -0.39 is 5.97 Å². The van der Waals surface area contributed by atoms with Crippen LogP contribution in [0.5, 0.6) is 11.5 Å². The van der Waals surface area contributed by atoms with Crippen LogP contribution in [0.1, 0.15) is 21.5 Å². The lowest BCUT2D eigenvalue weighted by molar-refractivity contribution is 0.0695. The van der Waals surface area contributed by atoms with Crippen molar-refractivity contribution in [2.45, 2.75) is 6.42 Å². The molecule has 0 spiro atoms. The van der Waals surface area contributed by atoms with Gasteiger partial charge in [0.1, 0.15) is 15.8 Å². The lowest BCUT2D eigenvalue weighted by atomic mass is 9.96. The van der Waals surface area contributed by atoms with E-state index in [0.29, 0.717) is 21.3 Å². The van der Waals surface area contributed by atoms with Crippen molar-refractivity contribution in [3.63, 3.8) is 0 Å². The molecule has 0 saturated carbocycles. The number of carbonyl (C=O) groups is 1. The van der Waals surface area contributed by atoms with E-state index in [-0.39, 0.29) is 4.32 Å². The Labute approximate surface area is 173 Å². The Hall–Kier alpha value is -1.26. The molecule has 3 rings (SSSR count). The minimum atomic E-state index is -0.912. The van der Waals surface area contributed by atoms with Gasteiger partial charge in [-0.1, -0.05) is 48.7 Å². The molecule has 0 amide bonds. The highest BCUT2D eigenvalue weighted by atomic mass is 32.2. The second-order valence-electron chi connectivity index (χ2n) is 4.59. The molecule has 9 heteroatoms. The van der Waals surface area contributed by atoms with E-state index in [1.165, 1.54) is 0 Å². The number of carboxylic acids is 1. The Balaban J connectivity index is 0.000000333. The molecule has 1 aliphatic rings. The van der Waals surface area contributed by atoms with E-state index in [4.69, 9.17) is 15.6 Å². The van der Waals surface area contributed by atoms with Crippen LogP contribution in [0.2, 0.25) is 0 Å². The fraction of sp³-hybridized carbons (Fsp3) is 0.0625. The summed E-state index contributed by atoms with van der Waals surface area (Å²) in [5, 5.41) is 9.13. The van der Waals surface area contributed by atoms with Crippen molar-refractivity contribution < 1.29 is 14.6 Å². The highest BCUT2D eigenvalue weighted by Gasteiger charge is 2.21. The number of carboxylic acid groups (broad SMARTS) is 1. The molecule has 2 aromatic rings. The molecular formula is C16H15NO3S5. The summed E-state index contributed by atoms with van der Waals surface area (Å²) in [6, 6.07) is 12.8. The Morgan fingerprint density at radius 1 is 1.04 bits per heavy atom. The number of thiol groups is 3. The zero-order valence-corrected chi connectivity index (χ0v) is 17.1. The molecule has 132 valence electrons. The quantitative estimate of drug-likeness (QED) is 0.292. The molecule has 0 atom stereocenters. The van der Waals surface area contributed by atoms with Crippen molar-refractivity contribution in [3.8, 4) is 11.5 Å². The Morgan fingerprint density at radius 3 is 2.12 bits per heavy atom. The van der Waals surface area contributed by atoms with Crippen LogP contribution >= 0.6 is 62.3 Å². The fourth-order valence-electron chi connectivity index (χ4n) is 2.10. The zero-order valence-electron chi connectivity index (χ0n) is 12.7. The number of benzene rings is 2. The minimum absolute atomic E-state index is 0.194. The number of aromatic carboxylic acids is 1. The first kappa shape index (κ1) is 21.8. The third-order valence-electron chi connectivity index (χ3n) is 2.92. The molecule has 2 aromatic carbocycles. The van der Waals surface area contributed by atoms with Crippen LogP contribution in [0.25, 0.3) is 0 Å². The SMILES string of the molecule is NC(=S)S.O=C(O)c1cccc2c1Cc1ccccc1O2.S=C(S)S. The molecule has 1 heterocycles. The number of thiocarbonyl (C=S) groups is 2. The summed E-state index contributed by atoms with van der Waals surface area (Å²) in [7, 11) is 0. The first-order valence-corrected chi connectivity index (χ1v) is 8.89. The Kier molecular flexibility index (Phi) is 9.30. The molecule has 0 radical (unpaired) electrons. The average Bonchev–Trinajstić information content (AvgIpc) is 2.51. The lowest BCUT2D eigenvalue weighted by Crippen LogP contribution is -2.09. The number of hydrogen-bond acceptors (Lipinski definition) is 4. The van der Waals surface area contributed by atoms with Gasteiger partial charge in [-0.25, -0.2) is 4.79 Å². The summed E-state index contributed by atoms with van der Waals surface area (Å²) in [5.74, 6) is 0.538. The van der Waals surface area contributed by atoms with Gasteiger partial charge >= 0.3 is 5.97 Å². The highest BCUT2D eigenvalue weighted by Crippen LogP contribution is 2.37. The van der Waals surface area contributed by atoms with E-state index in [0.717, 1.165) is 16.9 Å². The topological polar surface area (TPSA) is 72.6 Å². The predicted octanol–water partition coefficient (Wildman–Crippen LogP) is 4.37. The maximum Gasteiger partial charge on any atom is 0.336 e. The van der Waals surface area contributed by atoms with Crippen LogP contribution in [-0.4, -0.2) is 18.9 Å². The van der Waals surface area contributed by atoms with Gasteiger partial charge in [-0.3, -0.25) is 0 Å². The monoisotopic (exact) mass is 429 g/mol. The minimum Gasteiger partial charge on any atom is -0.478 e. The van der Waals surface area contributed by atoms with Crippen molar-refractivity contribution in [1.29, 1.82) is 0 Å². The van der Waals surface area contributed by atoms with Crippen LogP contribution in [-0.2, 0) is 6.42 Å². The average molecular weight is 430 g/mol. The summed E-state index contributed by atoms with van der Waals surface area (Å²) in [5.41, 5.74) is 6.79. The molecule has 3 N–H and O–H groups in total. The number of ether oxygens (including phenoxy) is 1. The molecule has 1 aliphatic heterocycles. The van der Waals surface area contributed by atoms with Gasteiger partial charge in [0.05, 0.1) is 9.09 Å². The van der Waals surface area contributed by atoms with Crippen LogP contribution in [0, 0.1) is 0 Å². The molecule has 0 saturated heterocycles. The maximum atomic E-state index is 11.1. The second-order valence-corrected chi connectivity index (χ2v) is 8.08. The summed E-state index contributed by atoms with van der Waals surface area (Å²) in [6.07, 6.45) is 0.605. The Morgan fingerprint density at radius 2 is 1.56 bits per heavy atom. The van der Waals surface area contributed by atoms with Gasteiger partial charge in [0.2, 0.25) is 0 Å². The molecule has 0 aliphatic carbocycles. The van der Waals surface area contributed by atoms with Crippen LogP contribution < -0.4 is 10.5 Å². The van der Waals surface area contributed by atoms with Crippen molar-refractivity contribution in [1.82, 2.24) is 0 Å². The number of para-hydroxylation sites is 1. The first-order valence-electron chi connectivity index (χ1n) is 6.73. The first-order chi connectivity index (χ1) is 11.7. The van der Waals surface area contributed by atoms with Crippen LogP contribution in [0.15, 0.2) is 42.5 Å². The van der Waals surface area contributed by atoms with Crippen LogP contribution in [0.4, 0.5) is 0 Å². The van der Waals surface area contributed by atoms with E-state index in [2.05, 4.69) is 62.3 Å². The number of fused-ring (bicyclic) bond motifs is 2. The van der Waals surface area contributed by atoms with E-state index in [1.54, 1.807) is 18.2 Å². The molecule has 0 unspecified atom stereocenters. The van der Waals surface area contributed by atoms with Gasteiger partial charge in [-0.2, -0.15) is 0 Å². The van der Waals surface area contributed by atoms with E-state index >= 15 is 0 Å². The van der Waals surface area contributed by atoms with Gasteiger partial charge in [0, 0.05) is 12.0 Å². The summed E-state index contributed by atoms with van der Waals surface area (Å²) in [4.78, 5) is 11.1. The molecule has 0 bridgehead atoms. The Bertz CT molecular complexity index is 775. The van der Waals surface area contributed by atoms with Gasteiger partial charge in [-0.05, 0) is 23.8 Å². The smallest absolute Gasteiger partial charge is 0.336 e. The summed E-state index contributed by atoms with van der Waals surface area (Å²) >= 11 is 19.0. The summed E-state index contributed by atoms with van der Waals surface area (Å²) in [6.45, 7) is 0. The van der Waals surface area contributed by atoms with E-state index in [1.807, 2.05) is 24.3 Å². The number of hydrogen-bond donors (Lipinski definition) is 5. The maximum absolute atomic E-state index is 11.1. The fourth-order valence-corrected chi connectivity index (χ4v) is 2.10. The molecular weight excluding hydrogens is 415 g/mol. The molecule has 4 nitrogen and oxygen atoms in total. The third-order valence-corrected chi connectivity index (χ3v) is 2.92. The van der Waals surface area contributed by atoms with Crippen LogP contribution in [0.3, 0.4) is 0 Å². The van der Waals surface area contributed by atoms with Gasteiger partial charge in [0.15, 0.2) is 0 Å². The molecule has 0 fully saturated rings. The van der Waals surface area contributed by atoms with Crippen molar-refractivity contribution in [3.05, 3.63) is 59.2 Å². The zero-order chi connectivity index (χ0) is 19.0. The molecule has 25 heavy (non-hydrogen) atoms. The highest BCUT2D eigenvalue weighted by molar-refractivity contribution is 8.34. The standard InChI is InChI=1S/C14H10O3.CH3NS2.CH2S3/c15-14(16)10-5-3-7-13-11(10)8-9-4-1-2-6-12(9)17-13;2*2-1(3)4/h1-7H,8H2,(H,15,16);(H3,2,3,4);(H2,2,3,4). The van der Waals surface area contributed by atoms with Crippen molar-refractivity contribution in [2.24, 2.45) is 5.73 Å².